The Balaban J connectivity index is 1.37. The summed E-state index contributed by atoms with van der Waals surface area (Å²) in [5, 5.41) is 5.76. The largest absolute Gasteiger partial charge is 0.494 e. The zero-order valence-corrected chi connectivity index (χ0v) is 24.5. The van der Waals surface area contributed by atoms with Crippen LogP contribution < -0.4 is 26.2 Å². The van der Waals surface area contributed by atoms with Crippen molar-refractivity contribution < 1.29 is 9.31 Å². The number of benzene rings is 5. The van der Waals surface area contributed by atoms with Crippen molar-refractivity contribution >= 4 is 41.4 Å². The van der Waals surface area contributed by atoms with Crippen molar-refractivity contribution in [1.82, 2.24) is 0 Å². The zero-order valence-electron chi connectivity index (χ0n) is 23.5. The molecular formula is C36H33BO2Si. The molecule has 0 N–H and O–H groups in total. The van der Waals surface area contributed by atoms with Crippen molar-refractivity contribution in [3.8, 4) is 22.3 Å². The standard InChI is InChI=1S/C36H33BO2Si/c1-35(2)36(3,4)39-37(38-35)28-22-19-26(20-23-28)27-21-24-32-31-17-11-12-18-33(31)40(34(32)25-27,29-13-7-5-8-14-29)30-15-9-6-10-16-30/h5-25H,1-4H3. The molecule has 2 aliphatic rings. The molecule has 2 aliphatic heterocycles. The van der Waals surface area contributed by atoms with Gasteiger partial charge in [-0.1, -0.05) is 127 Å². The highest BCUT2D eigenvalue weighted by Crippen LogP contribution is 2.37. The van der Waals surface area contributed by atoms with Gasteiger partial charge < -0.3 is 9.31 Å². The van der Waals surface area contributed by atoms with Gasteiger partial charge in [0.25, 0.3) is 0 Å². The monoisotopic (exact) mass is 536 g/mol. The van der Waals surface area contributed by atoms with Crippen LogP contribution in [0.1, 0.15) is 27.7 Å². The molecular weight excluding hydrogens is 503 g/mol. The minimum atomic E-state index is -2.49. The van der Waals surface area contributed by atoms with Crippen LogP contribution in [0, 0.1) is 0 Å². The second-order valence-corrected chi connectivity index (χ2v) is 15.7. The lowest BCUT2D eigenvalue weighted by Gasteiger charge is -2.32. The Hall–Kier alpha value is -3.70. The summed E-state index contributed by atoms with van der Waals surface area (Å²) in [6.07, 6.45) is 0. The van der Waals surface area contributed by atoms with Gasteiger partial charge in [0.2, 0.25) is 0 Å². The van der Waals surface area contributed by atoms with Crippen molar-refractivity contribution in [2.75, 3.05) is 0 Å². The van der Waals surface area contributed by atoms with Crippen LogP contribution in [0.3, 0.4) is 0 Å². The molecule has 0 bridgehead atoms. The van der Waals surface area contributed by atoms with E-state index in [4.69, 9.17) is 9.31 Å². The molecule has 40 heavy (non-hydrogen) atoms. The normalized spacial score (nSPS) is 17.9. The predicted molar refractivity (Wildman–Crippen MR) is 170 cm³/mol. The van der Waals surface area contributed by atoms with E-state index >= 15 is 0 Å². The highest BCUT2D eigenvalue weighted by molar-refractivity contribution is 7.22. The molecule has 2 heterocycles. The van der Waals surface area contributed by atoms with Gasteiger partial charge in [0.05, 0.1) is 11.2 Å². The van der Waals surface area contributed by atoms with Crippen molar-refractivity contribution in [3.63, 3.8) is 0 Å². The Kier molecular flexibility index (Phi) is 5.80. The smallest absolute Gasteiger partial charge is 0.399 e. The van der Waals surface area contributed by atoms with Gasteiger partial charge in [-0.25, -0.2) is 0 Å². The first-order valence-electron chi connectivity index (χ1n) is 14.1. The minimum absolute atomic E-state index is 0.353. The molecule has 0 unspecified atom stereocenters. The number of hydrogen-bond acceptors (Lipinski definition) is 2. The number of fused-ring (bicyclic) bond motifs is 3. The summed E-state index contributed by atoms with van der Waals surface area (Å²) in [4.78, 5) is 0. The number of rotatable bonds is 4. The molecule has 0 saturated carbocycles. The van der Waals surface area contributed by atoms with E-state index in [2.05, 4.69) is 155 Å². The fourth-order valence-corrected chi connectivity index (χ4v) is 11.7. The van der Waals surface area contributed by atoms with E-state index < -0.39 is 8.07 Å². The maximum atomic E-state index is 6.30. The summed E-state index contributed by atoms with van der Waals surface area (Å²) in [7, 11) is -2.85. The molecule has 0 amide bonds. The van der Waals surface area contributed by atoms with Gasteiger partial charge >= 0.3 is 7.12 Å². The minimum Gasteiger partial charge on any atom is -0.399 e. The van der Waals surface area contributed by atoms with E-state index in [0.717, 1.165) is 5.46 Å². The summed E-state index contributed by atoms with van der Waals surface area (Å²) in [5.74, 6) is 0. The molecule has 0 atom stereocenters. The Morgan fingerprint density at radius 1 is 0.500 bits per heavy atom. The van der Waals surface area contributed by atoms with Gasteiger partial charge in [-0.2, -0.15) is 0 Å². The lowest BCUT2D eigenvalue weighted by molar-refractivity contribution is 0.00578. The molecule has 5 aromatic rings. The third kappa shape index (κ3) is 3.71. The fourth-order valence-electron chi connectivity index (χ4n) is 6.44. The first-order chi connectivity index (χ1) is 19.3. The molecule has 5 aromatic carbocycles. The van der Waals surface area contributed by atoms with Crippen LogP contribution in [-0.4, -0.2) is 26.4 Å². The zero-order chi connectivity index (χ0) is 27.5. The van der Waals surface area contributed by atoms with Crippen LogP contribution in [-0.2, 0) is 9.31 Å². The lowest BCUT2D eigenvalue weighted by Crippen LogP contribution is -2.72. The lowest BCUT2D eigenvalue weighted by atomic mass is 9.78. The maximum absolute atomic E-state index is 6.30. The Labute approximate surface area is 238 Å². The molecule has 196 valence electrons. The average Bonchev–Trinajstić information content (AvgIpc) is 3.40. The molecule has 2 nitrogen and oxygen atoms in total. The predicted octanol–water partition coefficient (Wildman–Crippen LogP) is 5.01. The maximum Gasteiger partial charge on any atom is 0.494 e. The Bertz CT molecular complexity index is 1640. The van der Waals surface area contributed by atoms with Gasteiger partial charge in [-0.15, -0.1) is 0 Å². The average molecular weight is 537 g/mol. The second-order valence-electron chi connectivity index (χ2n) is 12.0. The molecule has 0 spiro atoms. The third-order valence-electron chi connectivity index (χ3n) is 9.23. The Morgan fingerprint density at radius 2 is 1.00 bits per heavy atom. The summed E-state index contributed by atoms with van der Waals surface area (Å²) in [5.41, 5.74) is 5.49. The molecule has 7 rings (SSSR count). The topological polar surface area (TPSA) is 18.5 Å². The van der Waals surface area contributed by atoms with E-state index in [1.807, 2.05) is 0 Å². The first-order valence-corrected chi connectivity index (χ1v) is 16.1. The summed E-state index contributed by atoms with van der Waals surface area (Å²) in [6.45, 7) is 8.39. The summed E-state index contributed by atoms with van der Waals surface area (Å²) >= 11 is 0. The van der Waals surface area contributed by atoms with Crippen LogP contribution in [0.5, 0.6) is 0 Å². The fraction of sp³-hybridized carbons (Fsp3) is 0.167. The van der Waals surface area contributed by atoms with Crippen LogP contribution in [0.25, 0.3) is 22.3 Å². The van der Waals surface area contributed by atoms with E-state index in [1.54, 1.807) is 0 Å². The molecule has 4 heteroatoms. The van der Waals surface area contributed by atoms with Crippen molar-refractivity contribution in [3.05, 3.63) is 127 Å². The molecule has 0 aliphatic carbocycles. The Morgan fingerprint density at radius 3 is 1.60 bits per heavy atom. The number of hydrogen-bond donors (Lipinski definition) is 0. The van der Waals surface area contributed by atoms with E-state index in [0.29, 0.717) is 0 Å². The first kappa shape index (κ1) is 25.3. The third-order valence-corrected chi connectivity index (χ3v) is 14.1. The van der Waals surface area contributed by atoms with Gasteiger partial charge in [0.15, 0.2) is 8.07 Å². The highest BCUT2D eigenvalue weighted by Gasteiger charge is 2.52. The van der Waals surface area contributed by atoms with Crippen LogP contribution in [0.15, 0.2) is 127 Å². The highest BCUT2D eigenvalue weighted by atomic mass is 28.3. The summed E-state index contributed by atoms with van der Waals surface area (Å²) in [6, 6.07) is 47.1. The van der Waals surface area contributed by atoms with E-state index in [1.165, 1.54) is 43.0 Å². The van der Waals surface area contributed by atoms with Crippen molar-refractivity contribution in [2.45, 2.75) is 38.9 Å². The molecule has 1 saturated heterocycles. The van der Waals surface area contributed by atoms with Gasteiger partial charge in [0.1, 0.15) is 0 Å². The van der Waals surface area contributed by atoms with Gasteiger partial charge in [0, 0.05) is 0 Å². The van der Waals surface area contributed by atoms with Crippen LogP contribution >= 0.6 is 0 Å². The molecule has 0 aromatic heterocycles. The van der Waals surface area contributed by atoms with Crippen molar-refractivity contribution in [1.29, 1.82) is 0 Å². The van der Waals surface area contributed by atoms with E-state index in [9.17, 15) is 0 Å². The molecule has 1 fully saturated rings. The van der Waals surface area contributed by atoms with E-state index in [-0.39, 0.29) is 18.3 Å². The second kappa shape index (κ2) is 9.17. The quantitative estimate of drug-likeness (QED) is 0.295. The SMILES string of the molecule is CC1(C)OB(c2ccc(-c3ccc4c(c3)[Si](c3ccccc3)(c3ccccc3)c3ccccc3-4)cc2)OC1(C)C. The summed E-state index contributed by atoms with van der Waals surface area (Å²) < 4.78 is 12.6. The van der Waals surface area contributed by atoms with Gasteiger partial charge in [-0.3, -0.25) is 0 Å². The van der Waals surface area contributed by atoms with Crippen molar-refractivity contribution in [2.24, 2.45) is 0 Å². The van der Waals surface area contributed by atoms with Crippen LogP contribution in [0.2, 0.25) is 0 Å². The van der Waals surface area contributed by atoms with Crippen LogP contribution in [0.4, 0.5) is 0 Å². The molecule has 0 radical (unpaired) electrons. The van der Waals surface area contributed by atoms with Gasteiger partial charge in [-0.05, 0) is 76.2 Å².